The van der Waals surface area contributed by atoms with Crippen LogP contribution in [-0.2, 0) is 11.0 Å². The monoisotopic (exact) mass is 418 g/mol. The number of H-pyrrole nitrogens is 1. The smallest absolute Gasteiger partial charge is 0.433 e. The number of alkyl halides is 3. The maximum absolute atomic E-state index is 13.4. The van der Waals surface area contributed by atoms with Crippen molar-refractivity contribution < 1.29 is 22.7 Å². The first-order valence-corrected chi connectivity index (χ1v) is 9.34. The topological polar surface area (TPSA) is 93.9 Å². The third-order valence-electron chi connectivity index (χ3n) is 4.63. The Morgan fingerprint density at radius 2 is 2.07 bits per heavy atom. The Balaban J connectivity index is 2.05. The van der Waals surface area contributed by atoms with E-state index in [1.165, 1.54) is 24.4 Å². The number of aromatic nitrogens is 3. The third kappa shape index (κ3) is 4.97. The lowest BCUT2D eigenvalue weighted by atomic mass is 10.1. The van der Waals surface area contributed by atoms with Crippen LogP contribution in [0.2, 0.25) is 0 Å². The SMILES string of the molecule is CC[C@H](C)COc1cc(-c2cnc3[nH]cc(/C=C/C(N)=O)c3c2)cc(C(F)(F)F)n1. The van der Waals surface area contributed by atoms with Crippen molar-refractivity contribution >= 4 is 23.0 Å². The number of fused-ring (bicyclic) bond motifs is 1. The first-order chi connectivity index (χ1) is 14.2. The predicted octanol–water partition coefficient (Wildman–Crippen LogP) is 4.57. The number of halogens is 3. The summed E-state index contributed by atoms with van der Waals surface area (Å²) in [7, 11) is 0. The van der Waals surface area contributed by atoms with Gasteiger partial charge in [-0.2, -0.15) is 13.2 Å². The van der Waals surface area contributed by atoms with Crippen molar-refractivity contribution in [2.24, 2.45) is 11.7 Å². The van der Waals surface area contributed by atoms with E-state index in [1.807, 2.05) is 13.8 Å². The van der Waals surface area contributed by atoms with Gasteiger partial charge in [-0.3, -0.25) is 4.79 Å². The van der Waals surface area contributed by atoms with E-state index in [-0.39, 0.29) is 24.0 Å². The second-order valence-electron chi connectivity index (χ2n) is 7.00. The zero-order valence-corrected chi connectivity index (χ0v) is 16.5. The van der Waals surface area contributed by atoms with Crippen LogP contribution >= 0.6 is 0 Å². The van der Waals surface area contributed by atoms with Crippen molar-refractivity contribution in [1.29, 1.82) is 0 Å². The Bertz CT molecular complexity index is 1090. The average molecular weight is 418 g/mol. The molecule has 0 aliphatic carbocycles. The summed E-state index contributed by atoms with van der Waals surface area (Å²) in [5.41, 5.74) is 5.98. The molecular weight excluding hydrogens is 397 g/mol. The number of hydrogen-bond donors (Lipinski definition) is 2. The molecule has 3 aromatic rings. The zero-order valence-electron chi connectivity index (χ0n) is 16.5. The maximum atomic E-state index is 13.4. The number of ether oxygens (including phenoxy) is 1. The number of nitrogens with two attached hydrogens (primary N) is 1. The van der Waals surface area contributed by atoms with Crippen LogP contribution in [-0.4, -0.2) is 27.5 Å². The Kier molecular flexibility index (Phi) is 6.09. The van der Waals surface area contributed by atoms with Crippen molar-refractivity contribution in [3.63, 3.8) is 0 Å². The highest BCUT2D eigenvalue weighted by Gasteiger charge is 2.33. The molecule has 0 aliphatic heterocycles. The van der Waals surface area contributed by atoms with Gasteiger partial charge in [-0.25, -0.2) is 9.97 Å². The molecule has 0 unspecified atom stereocenters. The van der Waals surface area contributed by atoms with Gasteiger partial charge >= 0.3 is 6.18 Å². The molecule has 0 radical (unpaired) electrons. The number of nitrogens with one attached hydrogen (secondary N) is 1. The number of carbonyl (C=O) groups excluding carboxylic acids is 1. The molecule has 0 saturated carbocycles. The highest BCUT2D eigenvalue weighted by molar-refractivity contribution is 5.95. The molecule has 3 aromatic heterocycles. The molecule has 0 bridgehead atoms. The second-order valence-corrected chi connectivity index (χ2v) is 7.00. The molecule has 158 valence electrons. The van der Waals surface area contributed by atoms with Crippen molar-refractivity contribution in [3.05, 3.63) is 47.9 Å². The fraction of sp³-hybridized carbons (Fsp3) is 0.286. The molecule has 0 aromatic carbocycles. The largest absolute Gasteiger partial charge is 0.477 e. The van der Waals surface area contributed by atoms with Crippen LogP contribution < -0.4 is 10.5 Å². The van der Waals surface area contributed by atoms with Crippen LogP contribution in [0.15, 0.2) is 36.7 Å². The molecule has 0 saturated heterocycles. The highest BCUT2D eigenvalue weighted by Crippen LogP contribution is 2.34. The molecule has 3 rings (SSSR count). The molecule has 9 heteroatoms. The fourth-order valence-corrected chi connectivity index (χ4v) is 2.73. The quantitative estimate of drug-likeness (QED) is 0.550. The molecule has 0 spiro atoms. The first-order valence-electron chi connectivity index (χ1n) is 9.34. The molecule has 1 amide bonds. The summed E-state index contributed by atoms with van der Waals surface area (Å²) in [6, 6.07) is 4.12. The normalized spacial score (nSPS) is 13.1. The van der Waals surface area contributed by atoms with Gasteiger partial charge in [0, 0.05) is 41.0 Å². The van der Waals surface area contributed by atoms with E-state index in [0.717, 1.165) is 12.5 Å². The standard InChI is InChI=1S/C21H21F3N4O2/c1-3-12(2)11-30-19-8-14(7-17(28-19)21(22,23)24)15-6-16-13(4-5-18(25)29)9-26-20(16)27-10-15/h4-10,12H,3,11H2,1-2H3,(H2,25,29)(H,26,27)/b5-4+/t12-/m0/s1. The maximum Gasteiger partial charge on any atom is 0.433 e. The number of hydrogen-bond acceptors (Lipinski definition) is 4. The summed E-state index contributed by atoms with van der Waals surface area (Å²) >= 11 is 0. The van der Waals surface area contributed by atoms with E-state index in [2.05, 4.69) is 15.0 Å². The van der Waals surface area contributed by atoms with Crippen molar-refractivity contribution in [3.8, 4) is 17.0 Å². The summed E-state index contributed by atoms with van der Waals surface area (Å²) in [5, 5.41) is 0.637. The van der Waals surface area contributed by atoms with Crippen molar-refractivity contribution in [2.75, 3.05) is 6.61 Å². The predicted molar refractivity (Wildman–Crippen MR) is 108 cm³/mol. The summed E-state index contributed by atoms with van der Waals surface area (Å²) in [5.74, 6) is -0.522. The van der Waals surface area contributed by atoms with Crippen LogP contribution in [0.3, 0.4) is 0 Å². The minimum absolute atomic E-state index is 0.0943. The van der Waals surface area contributed by atoms with Gasteiger partial charge in [0.25, 0.3) is 0 Å². The summed E-state index contributed by atoms with van der Waals surface area (Å²) in [6.45, 7) is 4.18. The Morgan fingerprint density at radius 3 is 2.73 bits per heavy atom. The van der Waals surface area contributed by atoms with Gasteiger partial charge in [0.2, 0.25) is 11.8 Å². The van der Waals surface area contributed by atoms with Crippen molar-refractivity contribution in [2.45, 2.75) is 26.4 Å². The minimum Gasteiger partial charge on any atom is -0.477 e. The Morgan fingerprint density at radius 1 is 1.30 bits per heavy atom. The van der Waals surface area contributed by atoms with E-state index < -0.39 is 17.8 Å². The van der Waals surface area contributed by atoms with Gasteiger partial charge in [0.1, 0.15) is 11.3 Å². The van der Waals surface area contributed by atoms with Crippen LogP contribution in [0.1, 0.15) is 31.5 Å². The van der Waals surface area contributed by atoms with Crippen LogP contribution in [0.4, 0.5) is 13.2 Å². The van der Waals surface area contributed by atoms with E-state index in [0.29, 0.717) is 22.2 Å². The van der Waals surface area contributed by atoms with Gasteiger partial charge in [0.15, 0.2) is 0 Å². The first kappa shape index (κ1) is 21.4. The molecular formula is C21H21F3N4O2. The van der Waals surface area contributed by atoms with Crippen LogP contribution in [0.25, 0.3) is 28.2 Å². The molecule has 3 N–H and O–H groups in total. The van der Waals surface area contributed by atoms with E-state index >= 15 is 0 Å². The number of nitrogens with zero attached hydrogens (tertiary/aromatic N) is 2. The summed E-state index contributed by atoms with van der Waals surface area (Å²) in [6.07, 6.45) is 2.03. The number of pyridine rings is 2. The minimum atomic E-state index is -4.62. The number of carbonyl (C=O) groups is 1. The highest BCUT2D eigenvalue weighted by atomic mass is 19.4. The number of rotatable bonds is 7. The second kappa shape index (κ2) is 8.56. The zero-order chi connectivity index (χ0) is 21.9. The van der Waals surface area contributed by atoms with Crippen molar-refractivity contribution in [1.82, 2.24) is 15.0 Å². The van der Waals surface area contributed by atoms with Crippen LogP contribution in [0, 0.1) is 5.92 Å². The average Bonchev–Trinajstić information content (AvgIpc) is 3.11. The third-order valence-corrected chi connectivity index (χ3v) is 4.63. The van der Waals surface area contributed by atoms with Gasteiger partial charge < -0.3 is 15.5 Å². The molecule has 1 atom stereocenters. The lowest BCUT2D eigenvalue weighted by Gasteiger charge is -2.14. The van der Waals surface area contributed by atoms with E-state index in [9.17, 15) is 18.0 Å². The van der Waals surface area contributed by atoms with Crippen LogP contribution in [0.5, 0.6) is 5.88 Å². The molecule has 0 fully saturated rings. The summed E-state index contributed by atoms with van der Waals surface area (Å²) in [4.78, 5) is 21.8. The number of aromatic amines is 1. The molecule has 30 heavy (non-hydrogen) atoms. The molecule has 3 heterocycles. The van der Waals surface area contributed by atoms with Gasteiger partial charge in [0.05, 0.1) is 6.61 Å². The number of amides is 1. The summed E-state index contributed by atoms with van der Waals surface area (Å²) < 4.78 is 45.7. The Labute approximate surface area is 171 Å². The molecule has 0 aliphatic rings. The van der Waals surface area contributed by atoms with E-state index in [1.54, 1.807) is 12.3 Å². The van der Waals surface area contributed by atoms with Gasteiger partial charge in [-0.1, -0.05) is 20.3 Å². The lowest BCUT2D eigenvalue weighted by molar-refractivity contribution is -0.141. The molecule has 6 nitrogen and oxygen atoms in total. The lowest BCUT2D eigenvalue weighted by Crippen LogP contribution is -2.12. The van der Waals surface area contributed by atoms with Gasteiger partial charge in [-0.15, -0.1) is 0 Å². The number of primary amides is 1. The fourth-order valence-electron chi connectivity index (χ4n) is 2.73. The Hall–Kier alpha value is -3.36. The van der Waals surface area contributed by atoms with Gasteiger partial charge in [-0.05, 0) is 29.7 Å². The van der Waals surface area contributed by atoms with E-state index in [4.69, 9.17) is 10.5 Å².